The number of nitrogens with one attached hydrogen (secondary N) is 1. The van der Waals surface area contributed by atoms with Crippen LogP contribution in [-0.2, 0) is 0 Å². The van der Waals surface area contributed by atoms with Crippen LogP contribution in [0.3, 0.4) is 0 Å². The average Bonchev–Trinajstić information content (AvgIpc) is 2.90. The molecule has 2 atom stereocenters. The zero-order chi connectivity index (χ0) is 14.1. The Morgan fingerprint density at radius 1 is 1.15 bits per heavy atom. The molecular formula is C15H28N4O. The molecule has 114 valence electrons. The molecule has 2 amide bonds. The van der Waals surface area contributed by atoms with E-state index >= 15 is 0 Å². The van der Waals surface area contributed by atoms with Crippen molar-refractivity contribution in [1.29, 1.82) is 0 Å². The summed E-state index contributed by atoms with van der Waals surface area (Å²) in [7, 11) is 3.68. The third kappa shape index (κ3) is 2.79. The number of urea groups is 1. The maximum absolute atomic E-state index is 12.0. The van der Waals surface area contributed by atoms with Crippen LogP contribution in [-0.4, -0.2) is 79.6 Å². The Morgan fingerprint density at radius 3 is 2.55 bits per heavy atom. The summed E-state index contributed by atoms with van der Waals surface area (Å²) < 4.78 is 0. The van der Waals surface area contributed by atoms with E-state index in [-0.39, 0.29) is 6.03 Å². The number of nitrogens with zero attached hydrogens (tertiary/aromatic N) is 3. The number of hydrogen-bond donors (Lipinski definition) is 1. The first kappa shape index (κ1) is 14.1. The van der Waals surface area contributed by atoms with Crippen molar-refractivity contribution in [2.24, 2.45) is 5.92 Å². The number of amides is 2. The van der Waals surface area contributed by atoms with Gasteiger partial charge >= 0.3 is 6.03 Å². The first-order chi connectivity index (χ1) is 9.65. The van der Waals surface area contributed by atoms with Gasteiger partial charge in [0, 0.05) is 52.4 Å². The normalized spacial score (nSPS) is 32.2. The van der Waals surface area contributed by atoms with Crippen molar-refractivity contribution in [3.05, 3.63) is 0 Å². The molecular weight excluding hydrogens is 252 g/mol. The molecule has 3 fully saturated rings. The van der Waals surface area contributed by atoms with E-state index in [9.17, 15) is 4.79 Å². The minimum Gasteiger partial charge on any atom is -0.331 e. The van der Waals surface area contributed by atoms with Gasteiger partial charge < -0.3 is 15.1 Å². The van der Waals surface area contributed by atoms with Gasteiger partial charge in [0.2, 0.25) is 0 Å². The maximum atomic E-state index is 12.0. The van der Waals surface area contributed by atoms with Crippen LogP contribution >= 0.6 is 0 Å². The molecule has 0 bridgehead atoms. The van der Waals surface area contributed by atoms with Gasteiger partial charge in [0.1, 0.15) is 0 Å². The monoisotopic (exact) mass is 280 g/mol. The minimum atomic E-state index is 0.167. The molecule has 1 N–H and O–H groups in total. The summed E-state index contributed by atoms with van der Waals surface area (Å²) in [5, 5.41) is 3.68. The van der Waals surface area contributed by atoms with Gasteiger partial charge in [-0.3, -0.25) is 4.90 Å². The Balaban J connectivity index is 1.50. The number of carbonyl (C=O) groups is 1. The van der Waals surface area contributed by atoms with Crippen molar-refractivity contribution < 1.29 is 4.79 Å². The summed E-state index contributed by atoms with van der Waals surface area (Å²) in [5.41, 5.74) is 0. The van der Waals surface area contributed by atoms with E-state index < -0.39 is 0 Å². The van der Waals surface area contributed by atoms with E-state index in [2.05, 4.69) is 10.2 Å². The molecule has 0 aromatic rings. The van der Waals surface area contributed by atoms with E-state index in [1.807, 2.05) is 19.0 Å². The predicted octanol–water partition coefficient (Wildman–Crippen LogP) is 0.816. The highest BCUT2D eigenvalue weighted by atomic mass is 16.2. The number of carbonyl (C=O) groups excluding carboxylic acids is 1. The fraction of sp³-hybridized carbons (Fsp3) is 0.933. The van der Waals surface area contributed by atoms with Crippen LogP contribution < -0.4 is 5.32 Å². The van der Waals surface area contributed by atoms with Crippen LogP contribution in [0.15, 0.2) is 0 Å². The van der Waals surface area contributed by atoms with Gasteiger partial charge in [-0.1, -0.05) is 0 Å². The van der Waals surface area contributed by atoms with Crippen LogP contribution in [0.2, 0.25) is 0 Å². The zero-order valence-electron chi connectivity index (χ0n) is 12.8. The summed E-state index contributed by atoms with van der Waals surface area (Å²) in [6, 6.07) is 1.58. The lowest BCUT2D eigenvalue weighted by Crippen LogP contribution is -2.49. The second-order valence-corrected chi connectivity index (χ2v) is 6.81. The fourth-order valence-electron chi connectivity index (χ4n) is 4.08. The molecule has 3 aliphatic rings. The largest absolute Gasteiger partial charge is 0.331 e. The van der Waals surface area contributed by atoms with Crippen LogP contribution in [0.25, 0.3) is 0 Å². The molecule has 0 aromatic heterocycles. The Kier molecular flexibility index (Phi) is 4.17. The Hall–Kier alpha value is -0.810. The van der Waals surface area contributed by atoms with Gasteiger partial charge in [-0.25, -0.2) is 4.79 Å². The lowest BCUT2D eigenvalue weighted by Gasteiger charge is -2.37. The Morgan fingerprint density at radius 2 is 1.90 bits per heavy atom. The topological polar surface area (TPSA) is 38.8 Å². The first-order valence-electron chi connectivity index (χ1n) is 8.09. The Bertz CT molecular complexity index is 338. The molecule has 0 radical (unpaired) electrons. The van der Waals surface area contributed by atoms with Gasteiger partial charge in [-0.15, -0.1) is 0 Å². The van der Waals surface area contributed by atoms with Crippen molar-refractivity contribution in [3.8, 4) is 0 Å². The molecule has 0 saturated carbocycles. The summed E-state index contributed by atoms with van der Waals surface area (Å²) in [4.78, 5) is 18.3. The highest BCUT2D eigenvalue weighted by Gasteiger charge is 2.38. The molecule has 3 saturated heterocycles. The summed E-state index contributed by atoms with van der Waals surface area (Å²) in [6.07, 6.45) is 5.01. The molecule has 3 heterocycles. The summed E-state index contributed by atoms with van der Waals surface area (Å²) >= 11 is 0. The van der Waals surface area contributed by atoms with Gasteiger partial charge in [0.05, 0.1) is 0 Å². The molecule has 0 aliphatic carbocycles. The van der Waals surface area contributed by atoms with Gasteiger partial charge in [-0.05, 0) is 38.1 Å². The number of rotatable bonds is 1. The molecule has 5 nitrogen and oxygen atoms in total. The smallest absolute Gasteiger partial charge is 0.319 e. The molecule has 20 heavy (non-hydrogen) atoms. The second kappa shape index (κ2) is 5.90. The van der Waals surface area contributed by atoms with Gasteiger partial charge in [0.15, 0.2) is 0 Å². The highest BCUT2D eigenvalue weighted by Crippen LogP contribution is 2.29. The average molecular weight is 280 g/mol. The van der Waals surface area contributed by atoms with Gasteiger partial charge in [0.25, 0.3) is 0 Å². The highest BCUT2D eigenvalue weighted by molar-refractivity contribution is 5.73. The molecule has 0 aromatic carbocycles. The third-order valence-corrected chi connectivity index (χ3v) is 5.26. The zero-order valence-corrected chi connectivity index (χ0v) is 12.8. The number of piperidine rings is 2. The summed E-state index contributed by atoms with van der Waals surface area (Å²) in [6.45, 7) is 5.52. The van der Waals surface area contributed by atoms with E-state index in [1.165, 1.54) is 32.5 Å². The number of hydrogen-bond acceptors (Lipinski definition) is 3. The summed E-state index contributed by atoms with van der Waals surface area (Å²) in [5.74, 6) is 0.866. The molecule has 3 aliphatic heterocycles. The minimum absolute atomic E-state index is 0.167. The van der Waals surface area contributed by atoms with Crippen molar-refractivity contribution in [2.75, 3.05) is 46.8 Å². The van der Waals surface area contributed by atoms with Crippen molar-refractivity contribution in [1.82, 2.24) is 20.0 Å². The van der Waals surface area contributed by atoms with E-state index in [4.69, 9.17) is 0 Å². The quantitative estimate of drug-likeness (QED) is 0.773. The SMILES string of the molecule is CN(C)C(=O)N1CCC(N2CC3CCCNC3C2)CC1. The molecule has 3 rings (SSSR count). The third-order valence-electron chi connectivity index (χ3n) is 5.26. The van der Waals surface area contributed by atoms with Crippen molar-refractivity contribution >= 4 is 6.03 Å². The first-order valence-corrected chi connectivity index (χ1v) is 8.09. The number of likely N-dealkylation sites (tertiary alicyclic amines) is 2. The van der Waals surface area contributed by atoms with Crippen molar-refractivity contribution in [3.63, 3.8) is 0 Å². The fourth-order valence-corrected chi connectivity index (χ4v) is 4.08. The van der Waals surface area contributed by atoms with E-state index in [0.717, 1.165) is 37.9 Å². The number of fused-ring (bicyclic) bond motifs is 1. The molecule has 2 unspecified atom stereocenters. The second-order valence-electron chi connectivity index (χ2n) is 6.81. The van der Waals surface area contributed by atoms with Gasteiger partial charge in [-0.2, -0.15) is 0 Å². The molecule has 0 spiro atoms. The lowest BCUT2D eigenvalue weighted by molar-refractivity contribution is 0.118. The van der Waals surface area contributed by atoms with Crippen LogP contribution in [0.5, 0.6) is 0 Å². The van der Waals surface area contributed by atoms with Crippen molar-refractivity contribution in [2.45, 2.75) is 37.8 Å². The lowest BCUT2D eigenvalue weighted by atomic mass is 9.94. The van der Waals surface area contributed by atoms with Crippen LogP contribution in [0.1, 0.15) is 25.7 Å². The standard InChI is InChI=1S/C15H28N4O/c1-17(2)15(20)18-8-5-13(6-9-18)19-10-12-4-3-7-16-14(12)11-19/h12-14,16H,3-11H2,1-2H3. The van der Waals surface area contributed by atoms with Crippen LogP contribution in [0, 0.1) is 5.92 Å². The predicted molar refractivity (Wildman–Crippen MR) is 79.8 cm³/mol. The maximum Gasteiger partial charge on any atom is 0.319 e. The van der Waals surface area contributed by atoms with Crippen LogP contribution in [0.4, 0.5) is 4.79 Å². The Labute approximate surface area is 122 Å². The van der Waals surface area contributed by atoms with E-state index in [1.54, 1.807) is 4.90 Å². The molecule has 5 heteroatoms. The van der Waals surface area contributed by atoms with E-state index in [0.29, 0.717) is 6.04 Å².